The van der Waals surface area contributed by atoms with Gasteiger partial charge in [0.1, 0.15) is 22.8 Å². The number of hydrogen-bond donors (Lipinski definition) is 8. The molecule has 33 nitrogen and oxygen atoms in total. The minimum Gasteiger partial charge on any atom is -0.505 e. The van der Waals surface area contributed by atoms with Crippen molar-refractivity contribution in [2.24, 2.45) is 40.9 Å². The molecule has 39 heteroatoms. The Morgan fingerprint density at radius 1 is 0.557 bits per heavy atom. The zero-order chi connectivity index (χ0) is 56.3. The SMILES string of the molecule is O=[N+]([O-])c1cc(N=Nc2ccc(O)c(N=Nc3cc(S(=O)(=O)O)cc4cc(SOOO)c(N=Nc5ccc(N=Nc6ccc(S(=O)(=O)CCOSOOO)cc6)c6ccc(SOOO)cc56)c(O)c34)c2O)c(O)c([N+](=O)[O-])c1.[Fe]. The zero-order valence-electron chi connectivity index (χ0n) is 38.2. The van der Waals surface area contributed by atoms with Crippen LogP contribution in [0.25, 0.3) is 21.5 Å². The largest absolute Gasteiger partial charge is 0.505 e. The molecule has 0 amide bonds. The Morgan fingerprint density at radius 3 is 1.85 bits per heavy atom. The van der Waals surface area contributed by atoms with E-state index >= 15 is 0 Å². The van der Waals surface area contributed by atoms with Crippen LogP contribution >= 0.6 is 36.4 Å². The maximum absolute atomic E-state index is 12.7. The van der Waals surface area contributed by atoms with Gasteiger partial charge in [0.15, 0.2) is 39.3 Å². The van der Waals surface area contributed by atoms with Crippen LogP contribution in [0.5, 0.6) is 23.0 Å². The maximum atomic E-state index is 12.7. The van der Waals surface area contributed by atoms with Crippen molar-refractivity contribution in [2.75, 3.05) is 12.4 Å². The van der Waals surface area contributed by atoms with Gasteiger partial charge < -0.3 is 20.4 Å². The number of sulfone groups is 1. The van der Waals surface area contributed by atoms with Crippen molar-refractivity contribution >= 4 is 135 Å². The second kappa shape index (κ2) is 26.9. The number of fused-ring (bicyclic) bond motifs is 2. The summed E-state index contributed by atoms with van der Waals surface area (Å²) in [5.74, 6) is -4.26. The Morgan fingerprint density at radius 2 is 1.18 bits per heavy atom. The fourth-order valence-electron chi connectivity index (χ4n) is 6.58. The third-order valence-corrected chi connectivity index (χ3v) is 14.1. The third-order valence-electron chi connectivity index (χ3n) is 10.0. The van der Waals surface area contributed by atoms with Crippen LogP contribution in [0, 0.1) is 20.2 Å². The summed E-state index contributed by atoms with van der Waals surface area (Å²) < 4.78 is 78.6. The summed E-state index contributed by atoms with van der Waals surface area (Å²) in [6.07, 6.45) is 0. The van der Waals surface area contributed by atoms with E-state index in [-0.39, 0.29) is 91.1 Å². The molecule has 414 valence electrons. The Bertz CT molecular complexity index is 3830. The molecule has 0 aromatic heterocycles. The van der Waals surface area contributed by atoms with E-state index in [2.05, 4.69) is 69.0 Å². The fraction of sp³-hybridized carbons (Fsp3) is 0.0500. The molecule has 0 heterocycles. The monoisotopic (exact) mass is 1230 g/mol. The number of phenolic OH excluding ortho intramolecular Hbond substituents is 4. The van der Waals surface area contributed by atoms with Crippen LogP contribution in [0.3, 0.4) is 0 Å². The number of rotatable bonds is 24. The zero-order valence-corrected chi connectivity index (χ0v) is 43.4. The first-order valence-corrected chi connectivity index (χ1v) is 25.6. The second-order valence-electron chi connectivity index (χ2n) is 14.6. The van der Waals surface area contributed by atoms with Crippen molar-refractivity contribution < 1.29 is 117 Å². The van der Waals surface area contributed by atoms with Crippen LogP contribution < -0.4 is 0 Å². The van der Waals surface area contributed by atoms with Gasteiger partial charge in [-0.2, -0.15) is 13.5 Å². The van der Waals surface area contributed by atoms with E-state index in [1.54, 1.807) is 6.07 Å². The van der Waals surface area contributed by atoms with E-state index in [9.17, 15) is 62.0 Å². The van der Waals surface area contributed by atoms with Crippen LogP contribution in [0.2, 0.25) is 0 Å². The number of hydrogen-bond acceptors (Lipinski definition) is 33. The van der Waals surface area contributed by atoms with Gasteiger partial charge in [-0.05, 0) is 84.2 Å². The molecule has 7 aromatic carbocycles. The number of nitrogens with zero attached hydrogens (tertiary/aromatic N) is 10. The molecule has 0 unspecified atom stereocenters. The third kappa shape index (κ3) is 14.8. The van der Waals surface area contributed by atoms with Crippen LogP contribution in [-0.2, 0) is 69.3 Å². The molecule has 0 fully saturated rings. The van der Waals surface area contributed by atoms with Crippen LogP contribution in [-0.4, -0.2) is 79.8 Å². The summed E-state index contributed by atoms with van der Waals surface area (Å²) in [5, 5.41) is 136. The van der Waals surface area contributed by atoms with Crippen LogP contribution in [0.15, 0.2) is 158 Å². The quantitative estimate of drug-likeness (QED) is 0.00407. The molecule has 0 saturated heterocycles. The molecule has 0 saturated carbocycles. The topological polar surface area (TPSA) is 480 Å². The summed E-state index contributed by atoms with van der Waals surface area (Å²) in [7, 11) is -8.91. The predicted molar refractivity (Wildman–Crippen MR) is 265 cm³/mol. The molecule has 0 aliphatic rings. The number of benzene rings is 7. The summed E-state index contributed by atoms with van der Waals surface area (Å²) in [4.78, 5) is 19.9. The number of non-ortho nitro benzene ring substituents is 1. The van der Waals surface area contributed by atoms with Crippen LogP contribution in [0.1, 0.15) is 0 Å². The van der Waals surface area contributed by atoms with Gasteiger partial charge in [0.2, 0.25) is 5.75 Å². The Balaban J connectivity index is 0.0000101. The second-order valence-corrected chi connectivity index (χ2v) is 20.2. The Kier molecular flexibility index (Phi) is 20.7. The maximum Gasteiger partial charge on any atom is 0.319 e. The summed E-state index contributed by atoms with van der Waals surface area (Å²) >= 11 is 1.01. The molecule has 0 atom stereocenters. The number of nitro benzene ring substituents is 2. The van der Waals surface area contributed by atoms with Crippen molar-refractivity contribution in [1.82, 2.24) is 0 Å². The number of azo groups is 4. The molecular weight excluding hydrogens is 1200 g/mol. The van der Waals surface area contributed by atoms with E-state index in [0.717, 1.165) is 30.3 Å². The summed E-state index contributed by atoms with van der Waals surface area (Å²) in [6, 6.07) is 18.4. The van der Waals surface area contributed by atoms with Gasteiger partial charge >= 0.3 is 5.69 Å². The number of aromatic hydroxyl groups is 4. The molecule has 0 bridgehead atoms. The Labute approximate surface area is 462 Å². The van der Waals surface area contributed by atoms with E-state index in [4.69, 9.17) is 20.0 Å². The van der Waals surface area contributed by atoms with Gasteiger partial charge in [0.05, 0.1) is 95.2 Å². The molecule has 7 rings (SSSR count). The first-order chi connectivity index (χ1) is 37.2. The van der Waals surface area contributed by atoms with Crippen molar-refractivity contribution in [3.8, 4) is 23.0 Å². The molecule has 79 heavy (non-hydrogen) atoms. The smallest absolute Gasteiger partial charge is 0.319 e. The Hall–Kier alpha value is -7.51. The molecule has 0 spiro atoms. The first kappa shape index (κ1) is 60.7. The number of phenols is 4. The molecule has 7 aromatic rings. The van der Waals surface area contributed by atoms with Crippen molar-refractivity contribution in [3.63, 3.8) is 0 Å². The molecule has 0 aliphatic heterocycles. The van der Waals surface area contributed by atoms with E-state index in [1.807, 2.05) is 0 Å². The van der Waals surface area contributed by atoms with Crippen LogP contribution in [0.4, 0.5) is 56.9 Å². The van der Waals surface area contributed by atoms with Gasteiger partial charge in [-0.15, -0.1) is 48.8 Å². The van der Waals surface area contributed by atoms with Crippen molar-refractivity contribution in [3.05, 3.63) is 117 Å². The number of nitro groups is 2. The van der Waals surface area contributed by atoms with Gasteiger partial charge in [-0.3, -0.25) is 29.0 Å². The molecule has 8 N–H and O–H groups in total. The van der Waals surface area contributed by atoms with Gasteiger partial charge in [-0.25, -0.2) is 24.2 Å². The normalized spacial score (nSPS) is 12.2. The minimum atomic E-state index is -5.09. The summed E-state index contributed by atoms with van der Waals surface area (Å²) in [5.41, 5.74) is -4.70. The predicted octanol–water partition coefficient (Wildman–Crippen LogP) is 12.2. The van der Waals surface area contributed by atoms with Crippen molar-refractivity contribution in [1.29, 1.82) is 0 Å². The van der Waals surface area contributed by atoms with Gasteiger partial charge in [0, 0.05) is 38.8 Å². The average Bonchev–Trinajstić information content (AvgIpc) is 3.41. The van der Waals surface area contributed by atoms with E-state index in [0.29, 0.717) is 34.5 Å². The molecule has 0 radical (unpaired) electrons. The molecule has 0 aliphatic carbocycles. The fourth-order valence-corrected chi connectivity index (χ4v) is 9.42. The van der Waals surface area contributed by atoms with Gasteiger partial charge in [-0.1, -0.05) is 21.2 Å². The van der Waals surface area contributed by atoms with E-state index in [1.165, 1.54) is 48.5 Å². The van der Waals surface area contributed by atoms with Crippen molar-refractivity contribution in [2.45, 2.75) is 19.6 Å². The standard InChI is InChI=1S/C40H28N10O23S5.Fe/c51-33-10-9-29(44-46-31-15-21(49(55)56)16-32(38(31)52)50(57)58)39(53)36(33)47-45-30-18-24(78(64,65)66)13-19-14-34(75-72-69-60)37(40(54)35(19)30)48-43-28-8-7-27(25-6-3-22(17-26(25)28)74-71-68-59)42-41-20-1-4-23(5-2-20)77(62,63)12-11-67-76-73-70-61;/h1-10,13-18,51-54,59-61H,11-12H2,(H,64,65,66);. The average molecular weight is 1230 g/mol. The minimum absolute atomic E-state index is 0. The molecular formula is C40H28FeN10O23S5. The summed E-state index contributed by atoms with van der Waals surface area (Å²) in [6.45, 7) is -0.314. The van der Waals surface area contributed by atoms with E-state index < -0.39 is 103 Å². The van der Waals surface area contributed by atoms with Gasteiger partial charge in [0.25, 0.3) is 15.8 Å². The first-order valence-electron chi connectivity index (χ1n) is 20.4.